The van der Waals surface area contributed by atoms with Gasteiger partial charge in [-0.3, -0.25) is 4.79 Å². The standard InChI is InChI=1S/C18H33NO/c1-7-8-13-19(18(20)16(4)5)14-12-17(6)11-9-10-15(2)3/h10,12,16H,7-9,11,13-14H2,1-6H3/b17-12+. The van der Waals surface area contributed by atoms with Gasteiger partial charge in [0.25, 0.3) is 0 Å². The van der Waals surface area contributed by atoms with Crippen molar-refractivity contribution in [3.8, 4) is 0 Å². The summed E-state index contributed by atoms with van der Waals surface area (Å²) in [5.41, 5.74) is 2.75. The second-order valence-corrected chi connectivity index (χ2v) is 6.16. The Bertz CT molecular complexity index is 335. The van der Waals surface area contributed by atoms with Crippen molar-refractivity contribution in [2.75, 3.05) is 13.1 Å². The Kier molecular flexibility index (Phi) is 10.1. The third-order valence-corrected chi connectivity index (χ3v) is 3.34. The van der Waals surface area contributed by atoms with E-state index in [4.69, 9.17) is 0 Å². The summed E-state index contributed by atoms with van der Waals surface area (Å²) in [6, 6.07) is 0. The summed E-state index contributed by atoms with van der Waals surface area (Å²) in [5.74, 6) is 0.359. The highest BCUT2D eigenvalue weighted by atomic mass is 16.2. The van der Waals surface area contributed by atoms with Crippen molar-refractivity contribution < 1.29 is 4.79 Å². The molecule has 1 amide bonds. The third kappa shape index (κ3) is 8.95. The summed E-state index contributed by atoms with van der Waals surface area (Å²) >= 11 is 0. The predicted octanol–water partition coefficient (Wildman–Crippen LogP) is 4.96. The van der Waals surface area contributed by atoms with Crippen molar-refractivity contribution in [3.63, 3.8) is 0 Å². The van der Waals surface area contributed by atoms with Crippen LogP contribution in [0.15, 0.2) is 23.3 Å². The highest BCUT2D eigenvalue weighted by Gasteiger charge is 2.15. The first-order valence-corrected chi connectivity index (χ1v) is 7.96. The quantitative estimate of drug-likeness (QED) is 0.546. The summed E-state index contributed by atoms with van der Waals surface area (Å²) in [7, 11) is 0. The van der Waals surface area contributed by atoms with Crippen molar-refractivity contribution >= 4 is 5.91 Å². The number of carbonyl (C=O) groups excluding carboxylic acids is 1. The molecule has 0 atom stereocenters. The van der Waals surface area contributed by atoms with Gasteiger partial charge in [-0.15, -0.1) is 0 Å². The van der Waals surface area contributed by atoms with E-state index < -0.39 is 0 Å². The fourth-order valence-electron chi connectivity index (χ4n) is 1.96. The van der Waals surface area contributed by atoms with Crippen LogP contribution in [0.2, 0.25) is 0 Å². The number of amides is 1. The molecule has 0 heterocycles. The number of nitrogens with zero attached hydrogens (tertiary/aromatic N) is 1. The van der Waals surface area contributed by atoms with Crippen LogP contribution < -0.4 is 0 Å². The molecule has 0 radical (unpaired) electrons. The lowest BCUT2D eigenvalue weighted by Crippen LogP contribution is -2.35. The molecule has 0 N–H and O–H groups in total. The maximum absolute atomic E-state index is 12.2. The molecule has 0 aliphatic rings. The van der Waals surface area contributed by atoms with Crippen LogP contribution in [0.4, 0.5) is 0 Å². The largest absolute Gasteiger partial charge is 0.339 e. The van der Waals surface area contributed by atoms with Crippen LogP contribution in [0, 0.1) is 5.92 Å². The normalized spacial score (nSPS) is 11.7. The topological polar surface area (TPSA) is 20.3 Å². The highest BCUT2D eigenvalue weighted by molar-refractivity contribution is 5.78. The fraction of sp³-hybridized carbons (Fsp3) is 0.722. The molecule has 0 aromatic rings. The lowest BCUT2D eigenvalue weighted by molar-refractivity contribution is -0.134. The molecule has 20 heavy (non-hydrogen) atoms. The summed E-state index contributed by atoms with van der Waals surface area (Å²) in [4.78, 5) is 14.2. The molecule has 0 bridgehead atoms. The van der Waals surface area contributed by atoms with E-state index in [1.54, 1.807) is 0 Å². The minimum absolute atomic E-state index is 0.0891. The van der Waals surface area contributed by atoms with E-state index in [0.717, 1.165) is 38.8 Å². The number of hydrogen-bond acceptors (Lipinski definition) is 1. The molecule has 2 nitrogen and oxygen atoms in total. The van der Waals surface area contributed by atoms with E-state index in [1.807, 2.05) is 18.7 Å². The second-order valence-electron chi connectivity index (χ2n) is 6.16. The van der Waals surface area contributed by atoms with E-state index in [2.05, 4.69) is 39.8 Å². The van der Waals surface area contributed by atoms with E-state index >= 15 is 0 Å². The van der Waals surface area contributed by atoms with Crippen LogP contribution in [0.5, 0.6) is 0 Å². The molecule has 0 spiro atoms. The Hall–Kier alpha value is -1.05. The molecular formula is C18H33NO. The molecule has 0 fully saturated rings. The smallest absolute Gasteiger partial charge is 0.225 e. The Morgan fingerprint density at radius 1 is 1.15 bits per heavy atom. The van der Waals surface area contributed by atoms with Crippen LogP contribution in [-0.2, 0) is 4.79 Å². The van der Waals surface area contributed by atoms with Crippen LogP contribution in [-0.4, -0.2) is 23.9 Å². The van der Waals surface area contributed by atoms with Crippen molar-refractivity contribution in [3.05, 3.63) is 23.3 Å². The van der Waals surface area contributed by atoms with Gasteiger partial charge in [0.1, 0.15) is 0 Å². The minimum atomic E-state index is 0.0891. The van der Waals surface area contributed by atoms with Gasteiger partial charge in [-0.1, -0.05) is 50.5 Å². The van der Waals surface area contributed by atoms with Crippen LogP contribution >= 0.6 is 0 Å². The molecule has 0 aliphatic carbocycles. The van der Waals surface area contributed by atoms with E-state index in [-0.39, 0.29) is 11.8 Å². The van der Waals surface area contributed by atoms with Gasteiger partial charge in [0.2, 0.25) is 5.91 Å². The fourth-order valence-corrected chi connectivity index (χ4v) is 1.96. The zero-order chi connectivity index (χ0) is 15.5. The maximum atomic E-state index is 12.2. The summed E-state index contributed by atoms with van der Waals surface area (Å²) in [6.07, 6.45) is 8.88. The first-order chi connectivity index (χ1) is 9.38. The van der Waals surface area contributed by atoms with Gasteiger partial charge < -0.3 is 4.90 Å². The SMILES string of the molecule is CCCCN(C/C=C(\C)CCC=C(C)C)C(=O)C(C)C. The first kappa shape index (κ1) is 18.9. The van der Waals surface area contributed by atoms with Gasteiger partial charge in [0.05, 0.1) is 0 Å². The summed E-state index contributed by atoms with van der Waals surface area (Å²) in [5, 5.41) is 0. The first-order valence-electron chi connectivity index (χ1n) is 7.96. The predicted molar refractivity (Wildman–Crippen MR) is 88.7 cm³/mol. The molecule has 0 unspecified atom stereocenters. The number of allylic oxidation sites excluding steroid dienone is 3. The molecule has 0 aliphatic heterocycles. The average molecular weight is 279 g/mol. The number of unbranched alkanes of at least 4 members (excludes halogenated alkanes) is 1. The molecular weight excluding hydrogens is 246 g/mol. The number of hydrogen-bond donors (Lipinski definition) is 0. The average Bonchev–Trinajstić information content (AvgIpc) is 2.37. The molecule has 2 heteroatoms. The van der Waals surface area contributed by atoms with Crippen molar-refractivity contribution in [1.29, 1.82) is 0 Å². The number of carbonyl (C=O) groups is 1. The van der Waals surface area contributed by atoms with Gasteiger partial charge in [0, 0.05) is 19.0 Å². The van der Waals surface area contributed by atoms with Gasteiger partial charge in [-0.05, 0) is 40.0 Å². The van der Waals surface area contributed by atoms with E-state index in [0.29, 0.717) is 0 Å². The van der Waals surface area contributed by atoms with Crippen molar-refractivity contribution in [1.82, 2.24) is 4.90 Å². The van der Waals surface area contributed by atoms with Crippen molar-refractivity contribution in [2.24, 2.45) is 5.92 Å². The Balaban J connectivity index is 4.41. The molecule has 0 saturated carbocycles. The Morgan fingerprint density at radius 3 is 2.30 bits per heavy atom. The molecule has 0 aromatic heterocycles. The van der Waals surface area contributed by atoms with Gasteiger partial charge in [0.15, 0.2) is 0 Å². The highest BCUT2D eigenvalue weighted by Crippen LogP contribution is 2.09. The third-order valence-electron chi connectivity index (χ3n) is 3.34. The molecule has 0 saturated heterocycles. The monoisotopic (exact) mass is 279 g/mol. The number of rotatable bonds is 9. The Labute approximate surface area is 125 Å². The zero-order valence-electron chi connectivity index (χ0n) is 14.3. The van der Waals surface area contributed by atoms with Crippen LogP contribution in [0.1, 0.15) is 67.2 Å². The van der Waals surface area contributed by atoms with Crippen molar-refractivity contribution in [2.45, 2.75) is 67.2 Å². The van der Waals surface area contributed by atoms with Crippen LogP contribution in [0.3, 0.4) is 0 Å². The maximum Gasteiger partial charge on any atom is 0.225 e. The van der Waals surface area contributed by atoms with Gasteiger partial charge >= 0.3 is 0 Å². The minimum Gasteiger partial charge on any atom is -0.339 e. The van der Waals surface area contributed by atoms with Gasteiger partial charge in [-0.2, -0.15) is 0 Å². The van der Waals surface area contributed by atoms with Crippen LogP contribution in [0.25, 0.3) is 0 Å². The van der Waals surface area contributed by atoms with E-state index in [1.165, 1.54) is 11.1 Å². The molecule has 116 valence electrons. The van der Waals surface area contributed by atoms with E-state index in [9.17, 15) is 4.79 Å². The second kappa shape index (κ2) is 10.7. The lowest BCUT2D eigenvalue weighted by Gasteiger charge is -2.23. The zero-order valence-corrected chi connectivity index (χ0v) is 14.3. The summed E-state index contributed by atoms with van der Waals surface area (Å²) in [6.45, 7) is 14.2. The molecule has 0 rings (SSSR count). The van der Waals surface area contributed by atoms with Gasteiger partial charge in [-0.25, -0.2) is 0 Å². The Morgan fingerprint density at radius 2 is 1.80 bits per heavy atom. The lowest BCUT2D eigenvalue weighted by atomic mass is 10.1. The summed E-state index contributed by atoms with van der Waals surface area (Å²) < 4.78 is 0. The molecule has 0 aromatic carbocycles.